The maximum Gasteiger partial charge on any atom is 0.335 e. The lowest BCUT2D eigenvalue weighted by Gasteiger charge is -2.32. The molecule has 3 amide bonds. The number of nitrogens with zero attached hydrogens (tertiary/aromatic N) is 1. The van der Waals surface area contributed by atoms with Gasteiger partial charge in [0.15, 0.2) is 0 Å². The largest absolute Gasteiger partial charge is 0.478 e. The third-order valence-corrected chi connectivity index (χ3v) is 3.21. The quantitative estimate of drug-likeness (QED) is 0.754. The normalized spacial score (nSPS) is 18.1. The molecule has 1 aromatic rings. The number of hydrogen-bond donors (Lipinski definition) is 3. The molecule has 1 unspecified atom stereocenters. The number of piperazine rings is 1. The molecule has 7 nitrogen and oxygen atoms in total. The van der Waals surface area contributed by atoms with Crippen molar-refractivity contribution in [2.45, 2.75) is 13.0 Å². The lowest BCUT2D eigenvalue weighted by atomic mass is 10.2. The molecule has 8 heteroatoms. The SMILES string of the molecule is CC1C(=O)NCCN1C(=O)Nc1cc(C(=O)O)ccc1F. The molecule has 1 aromatic carbocycles. The zero-order valence-corrected chi connectivity index (χ0v) is 11.2. The number of carboxylic acid groups (broad SMARTS) is 1. The van der Waals surface area contributed by atoms with Crippen LogP contribution in [0.2, 0.25) is 0 Å². The number of amides is 3. The Bertz CT molecular complexity index is 605. The van der Waals surface area contributed by atoms with Crippen LogP contribution in [0.25, 0.3) is 0 Å². The van der Waals surface area contributed by atoms with Gasteiger partial charge in [-0.2, -0.15) is 0 Å². The van der Waals surface area contributed by atoms with Crippen molar-refractivity contribution in [1.29, 1.82) is 0 Å². The lowest BCUT2D eigenvalue weighted by molar-refractivity contribution is -0.126. The molecule has 21 heavy (non-hydrogen) atoms. The third kappa shape index (κ3) is 3.10. The van der Waals surface area contributed by atoms with E-state index in [0.717, 1.165) is 18.2 Å². The van der Waals surface area contributed by atoms with Crippen LogP contribution in [-0.2, 0) is 4.79 Å². The summed E-state index contributed by atoms with van der Waals surface area (Å²) in [6.07, 6.45) is 0. The number of benzene rings is 1. The van der Waals surface area contributed by atoms with Crippen molar-refractivity contribution in [1.82, 2.24) is 10.2 Å². The van der Waals surface area contributed by atoms with Gasteiger partial charge in [0.05, 0.1) is 11.3 Å². The van der Waals surface area contributed by atoms with Crippen molar-refractivity contribution >= 4 is 23.6 Å². The Morgan fingerprint density at radius 2 is 2.19 bits per heavy atom. The van der Waals surface area contributed by atoms with E-state index in [-0.39, 0.29) is 17.2 Å². The van der Waals surface area contributed by atoms with Crippen molar-refractivity contribution in [2.75, 3.05) is 18.4 Å². The van der Waals surface area contributed by atoms with Crippen LogP contribution in [0.15, 0.2) is 18.2 Å². The highest BCUT2D eigenvalue weighted by molar-refractivity contribution is 5.96. The summed E-state index contributed by atoms with van der Waals surface area (Å²) in [5, 5.41) is 13.8. The number of anilines is 1. The van der Waals surface area contributed by atoms with Gasteiger partial charge < -0.3 is 20.6 Å². The molecule has 0 spiro atoms. The third-order valence-electron chi connectivity index (χ3n) is 3.21. The fourth-order valence-electron chi connectivity index (χ4n) is 2.00. The van der Waals surface area contributed by atoms with E-state index in [0.29, 0.717) is 13.1 Å². The minimum atomic E-state index is -1.23. The van der Waals surface area contributed by atoms with E-state index in [1.807, 2.05) is 0 Å². The summed E-state index contributed by atoms with van der Waals surface area (Å²) in [5.74, 6) is -2.27. The summed E-state index contributed by atoms with van der Waals surface area (Å²) in [7, 11) is 0. The van der Waals surface area contributed by atoms with E-state index in [4.69, 9.17) is 5.11 Å². The summed E-state index contributed by atoms with van der Waals surface area (Å²) in [4.78, 5) is 35.7. The van der Waals surface area contributed by atoms with Crippen molar-refractivity contribution < 1.29 is 23.9 Å². The molecule has 0 bridgehead atoms. The number of nitrogens with one attached hydrogen (secondary N) is 2. The molecule has 3 N–H and O–H groups in total. The van der Waals surface area contributed by atoms with Crippen LogP contribution in [0.4, 0.5) is 14.9 Å². The van der Waals surface area contributed by atoms with Crippen LogP contribution in [0.1, 0.15) is 17.3 Å². The van der Waals surface area contributed by atoms with Gasteiger partial charge in [-0.1, -0.05) is 0 Å². The first-order valence-electron chi connectivity index (χ1n) is 6.28. The second kappa shape index (κ2) is 5.78. The minimum Gasteiger partial charge on any atom is -0.478 e. The molecular formula is C13H14FN3O4. The van der Waals surface area contributed by atoms with Crippen molar-refractivity contribution in [3.05, 3.63) is 29.6 Å². The first kappa shape index (κ1) is 14.8. The van der Waals surface area contributed by atoms with Gasteiger partial charge in [0.25, 0.3) is 0 Å². The number of halogens is 1. The molecule has 0 radical (unpaired) electrons. The molecule has 0 aliphatic carbocycles. The molecular weight excluding hydrogens is 281 g/mol. The first-order valence-corrected chi connectivity index (χ1v) is 6.28. The van der Waals surface area contributed by atoms with Gasteiger partial charge in [0.2, 0.25) is 5.91 Å². The summed E-state index contributed by atoms with van der Waals surface area (Å²) in [5.41, 5.74) is -0.380. The number of rotatable bonds is 2. The van der Waals surface area contributed by atoms with Gasteiger partial charge in [-0.15, -0.1) is 0 Å². The number of hydrogen-bond acceptors (Lipinski definition) is 3. The van der Waals surface area contributed by atoms with E-state index in [9.17, 15) is 18.8 Å². The average Bonchev–Trinajstić information content (AvgIpc) is 2.43. The Hall–Kier alpha value is -2.64. The fraction of sp³-hybridized carbons (Fsp3) is 0.308. The Kier molecular flexibility index (Phi) is 4.06. The molecule has 1 atom stereocenters. The van der Waals surface area contributed by atoms with E-state index >= 15 is 0 Å². The van der Waals surface area contributed by atoms with Crippen LogP contribution < -0.4 is 10.6 Å². The second-order valence-corrected chi connectivity index (χ2v) is 4.59. The Labute approximate surface area is 119 Å². The molecule has 0 aromatic heterocycles. The van der Waals surface area contributed by atoms with Gasteiger partial charge in [-0.3, -0.25) is 4.79 Å². The maximum absolute atomic E-state index is 13.6. The van der Waals surface area contributed by atoms with Crippen LogP contribution in [0, 0.1) is 5.82 Å². The number of carbonyl (C=O) groups is 3. The van der Waals surface area contributed by atoms with E-state index in [2.05, 4.69) is 10.6 Å². The maximum atomic E-state index is 13.6. The molecule has 1 saturated heterocycles. The smallest absolute Gasteiger partial charge is 0.335 e. The fourth-order valence-corrected chi connectivity index (χ4v) is 2.00. The van der Waals surface area contributed by atoms with Gasteiger partial charge in [0.1, 0.15) is 11.9 Å². The molecule has 112 valence electrons. The standard InChI is InChI=1S/C13H14FN3O4/c1-7-11(18)15-4-5-17(7)13(21)16-10-6-8(12(19)20)2-3-9(10)14/h2-3,6-7H,4-5H2,1H3,(H,15,18)(H,16,21)(H,19,20). The number of carboxylic acids is 1. The van der Waals surface area contributed by atoms with Gasteiger partial charge >= 0.3 is 12.0 Å². The molecule has 1 fully saturated rings. The molecule has 1 heterocycles. The highest BCUT2D eigenvalue weighted by Gasteiger charge is 2.29. The Morgan fingerprint density at radius 3 is 2.86 bits per heavy atom. The zero-order valence-electron chi connectivity index (χ0n) is 11.2. The van der Waals surface area contributed by atoms with Gasteiger partial charge in [-0.05, 0) is 25.1 Å². The Morgan fingerprint density at radius 1 is 1.48 bits per heavy atom. The van der Waals surface area contributed by atoms with Crippen molar-refractivity contribution in [3.8, 4) is 0 Å². The van der Waals surface area contributed by atoms with Crippen molar-refractivity contribution in [2.24, 2.45) is 0 Å². The summed E-state index contributed by atoms with van der Waals surface area (Å²) < 4.78 is 13.6. The van der Waals surface area contributed by atoms with Crippen molar-refractivity contribution in [3.63, 3.8) is 0 Å². The van der Waals surface area contributed by atoms with E-state index < -0.39 is 23.9 Å². The van der Waals surface area contributed by atoms with Gasteiger partial charge in [0, 0.05) is 13.1 Å². The van der Waals surface area contributed by atoms with E-state index in [1.165, 1.54) is 4.90 Å². The van der Waals surface area contributed by atoms with Crippen LogP contribution in [-0.4, -0.2) is 47.0 Å². The lowest BCUT2D eigenvalue weighted by Crippen LogP contribution is -2.56. The van der Waals surface area contributed by atoms with Crippen LogP contribution in [0.5, 0.6) is 0 Å². The summed E-state index contributed by atoms with van der Waals surface area (Å²) in [6, 6.07) is 1.77. The number of urea groups is 1. The zero-order chi connectivity index (χ0) is 15.6. The highest BCUT2D eigenvalue weighted by Crippen LogP contribution is 2.17. The summed E-state index contributed by atoms with van der Waals surface area (Å²) in [6.45, 7) is 2.16. The molecule has 1 aliphatic rings. The second-order valence-electron chi connectivity index (χ2n) is 4.59. The number of aromatic carboxylic acids is 1. The van der Waals surface area contributed by atoms with E-state index in [1.54, 1.807) is 6.92 Å². The molecule has 1 aliphatic heterocycles. The predicted octanol–water partition coefficient (Wildman–Crippen LogP) is 0.876. The van der Waals surface area contributed by atoms with Gasteiger partial charge in [-0.25, -0.2) is 14.0 Å². The molecule has 0 saturated carbocycles. The predicted molar refractivity (Wildman–Crippen MR) is 71.6 cm³/mol. The monoisotopic (exact) mass is 295 g/mol. The topological polar surface area (TPSA) is 98.7 Å². The minimum absolute atomic E-state index is 0.142. The van der Waals surface area contributed by atoms with Crippen LogP contribution in [0.3, 0.4) is 0 Å². The van der Waals surface area contributed by atoms with Crippen LogP contribution >= 0.6 is 0 Å². The Balaban J connectivity index is 2.17. The highest BCUT2D eigenvalue weighted by atomic mass is 19.1. The number of carbonyl (C=O) groups excluding carboxylic acids is 2. The average molecular weight is 295 g/mol. The first-order chi connectivity index (χ1) is 9.90. The summed E-state index contributed by atoms with van der Waals surface area (Å²) >= 11 is 0. The molecule has 2 rings (SSSR count).